The van der Waals surface area contributed by atoms with Crippen molar-refractivity contribution in [3.05, 3.63) is 0 Å². The predicted molar refractivity (Wildman–Crippen MR) is 54.6 cm³/mol. The first-order valence-electron chi connectivity index (χ1n) is 4.33. The van der Waals surface area contributed by atoms with Gasteiger partial charge in [0.1, 0.15) is 6.54 Å². The molecule has 0 bridgehead atoms. The first-order chi connectivity index (χ1) is 7.67. The lowest BCUT2D eigenvalue weighted by atomic mass is 10.7. The topological polar surface area (TPSA) is 99.0 Å². The molecule has 1 aromatic heterocycles. The lowest BCUT2D eigenvalue weighted by Gasteiger charge is -2.02. The fourth-order valence-corrected chi connectivity index (χ4v) is 1.54. The normalized spacial score (nSPS) is 9.88. The molecule has 0 aliphatic rings. The van der Waals surface area contributed by atoms with Crippen LogP contribution in [0.3, 0.4) is 0 Å². The summed E-state index contributed by atoms with van der Waals surface area (Å²) in [6.07, 6.45) is 0. The Morgan fingerprint density at radius 3 is 2.94 bits per heavy atom. The van der Waals surface area contributed by atoms with Crippen molar-refractivity contribution in [2.75, 3.05) is 19.9 Å². The molecule has 0 saturated carbocycles. The SMILES string of the molecule is CNC(=O)CSc1nnnn1CC(=O)OC. The van der Waals surface area contributed by atoms with E-state index >= 15 is 0 Å². The van der Waals surface area contributed by atoms with Crippen LogP contribution in [0.25, 0.3) is 0 Å². The van der Waals surface area contributed by atoms with Gasteiger partial charge < -0.3 is 10.1 Å². The molecule has 9 heteroatoms. The van der Waals surface area contributed by atoms with Crippen molar-refractivity contribution in [1.29, 1.82) is 0 Å². The Hall–Kier alpha value is -1.64. The fraction of sp³-hybridized carbons (Fsp3) is 0.571. The highest BCUT2D eigenvalue weighted by Gasteiger charge is 2.12. The lowest BCUT2D eigenvalue weighted by molar-refractivity contribution is -0.141. The molecule has 0 aliphatic carbocycles. The second-order valence-electron chi connectivity index (χ2n) is 2.66. The number of ether oxygens (including phenoxy) is 1. The van der Waals surface area contributed by atoms with E-state index in [2.05, 4.69) is 25.6 Å². The van der Waals surface area contributed by atoms with Gasteiger partial charge in [0.05, 0.1) is 12.9 Å². The van der Waals surface area contributed by atoms with Crippen LogP contribution in [0.2, 0.25) is 0 Å². The summed E-state index contributed by atoms with van der Waals surface area (Å²) in [4.78, 5) is 22.0. The van der Waals surface area contributed by atoms with Crippen LogP contribution in [0, 0.1) is 0 Å². The van der Waals surface area contributed by atoms with Crippen LogP contribution in [-0.2, 0) is 20.9 Å². The molecule has 0 spiro atoms. The summed E-state index contributed by atoms with van der Waals surface area (Å²) < 4.78 is 5.76. The highest BCUT2D eigenvalue weighted by atomic mass is 32.2. The first kappa shape index (κ1) is 12.4. The van der Waals surface area contributed by atoms with Crippen LogP contribution in [0.5, 0.6) is 0 Å². The second-order valence-corrected chi connectivity index (χ2v) is 3.60. The third kappa shape index (κ3) is 3.50. The quantitative estimate of drug-likeness (QED) is 0.507. The van der Waals surface area contributed by atoms with Crippen LogP contribution in [0.15, 0.2) is 5.16 Å². The third-order valence-electron chi connectivity index (χ3n) is 1.62. The number of hydrogen-bond donors (Lipinski definition) is 1. The minimum Gasteiger partial charge on any atom is -0.468 e. The zero-order valence-corrected chi connectivity index (χ0v) is 9.65. The number of tetrazole rings is 1. The first-order valence-corrected chi connectivity index (χ1v) is 5.32. The van der Waals surface area contributed by atoms with Gasteiger partial charge in [0.2, 0.25) is 11.1 Å². The summed E-state index contributed by atoms with van der Waals surface area (Å²) >= 11 is 1.15. The Balaban J connectivity index is 2.56. The van der Waals surface area contributed by atoms with Gasteiger partial charge >= 0.3 is 5.97 Å². The van der Waals surface area contributed by atoms with E-state index in [4.69, 9.17) is 0 Å². The summed E-state index contributed by atoms with van der Waals surface area (Å²) in [5.41, 5.74) is 0. The highest BCUT2D eigenvalue weighted by Crippen LogP contribution is 2.12. The second kappa shape index (κ2) is 6.05. The molecule has 0 aromatic carbocycles. The van der Waals surface area contributed by atoms with Crippen LogP contribution in [0.4, 0.5) is 0 Å². The van der Waals surface area contributed by atoms with Crippen molar-refractivity contribution in [1.82, 2.24) is 25.5 Å². The van der Waals surface area contributed by atoms with Gasteiger partial charge in [0, 0.05) is 7.05 Å². The van der Waals surface area contributed by atoms with Gasteiger partial charge in [-0.3, -0.25) is 9.59 Å². The number of carbonyl (C=O) groups excluding carboxylic acids is 2. The molecule has 88 valence electrons. The maximum absolute atomic E-state index is 11.0. The van der Waals surface area contributed by atoms with Crippen LogP contribution < -0.4 is 5.32 Å². The number of esters is 1. The zero-order valence-electron chi connectivity index (χ0n) is 8.84. The number of nitrogens with zero attached hydrogens (tertiary/aromatic N) is 4. The molecule has 1 amide bonds. The highest BCUT2D eigenvalue weighted by molar-refractivity contribution is 7.99. The maximum atomic E-state index is 11.0. The summed E-state index contributed by atoms with van der Waals surface area (Å²) in [6.45, 7) is -0.0699. The molecule has 0 radical (unpaired) electrons. The minimum absolute atomic E-state index is 0.0699. The Bertz CT molecular complexity index is 380. The molecule has 0 saturated heterocycles. The largest absolute Gasteiger partial charge is 0.468 e. The van der Waals surface area contributed by atoms with Crippen molar-refractivity contribution in [3.63, 3.8) is 0 Å². The van der Waals surface area contributed by atoms with E-state index in [1.807, 2.05) is 0 Å². The summed E-state index contributed by atoms with van der Waals surface area (Å²) in [5, 5.41) is 13.6. The average Bonchev–Trinajstić information content (AvgIpc) is 2.73. The van der Waals surface area contributed by atoms with Gasteiger partial charge in [-0.2, -0.15) is 0 Å². The molecule has 16 heavy (non-hydrogen) atoms. The van der Waals surface area contributed by atoms with E-state index < -0.39 is 5.97 Å². The summed E-state index contributed by atoms with van der Waals surface area (Å²) in [5.74, 6) is -0.399. The predicted octanol–water partition coefficient (Wildman–Crippen LogP) is -1.32. The Kier molecular flexibility index (Phi) is 4.70. The molecular formula is C7H11N5O3S. The van der Waals surface area contributed by atoms with E-state index in [1.165, 1.54) is 11.8 Å². The van der Waals surface area contributed by atoms with E-state index in [1.54, 1.807) is 7.05 Å². The number of methoxy groups -OCH3 is 1. The molecule has 8 nitrogen and oxygen atoms in total. The lowest BCUT2D eigenvalue weighted by Crippen LogP contribution is -2.20. The third-order valence-corrected chi connectivity index (χ3v) is 2.57. The molecule has 1 N–H and O–H groups in total. The number of nitrogens with one attached hydrogen (secondary N) is 1. The molecular weight excluding hydrogens is 234 g/mol. The van der Waals surface area contributed by atoms with E-state index in [0.29, 0.717) is 5.16 Å². The van der Waals surface area contributed by atoms with Gasteiger partial charge in [0.15, 0.2) is 0 Å². The van der Waals surface area contributed by atoms with Crippen LogP contribution in [-0.4, -0.2) is 52.0 Å². The smallest absolute Gasteiger partial charge is 0.327 e. The standard InChI is InChI=1S/C7H11N5O3S/c1-8-5(13)4-16-7-9-10-11-12(7)3-6(14)15-2/h3-4H2,1-2H3,(H,8,13). The number of amides is 1. The van der Waals surface area contributed by atoms with E-state index in [0.717, 1.165) is 11.8 Å². The molecule has 1 aromatic rings. The Labute approximate surface area is 95.7 Å². The van der Waals surface area contributed by atoms with Gasteiger partial charge in [-0.15, -0.1) is 5.10 Å². The minimum atomic E-state index is -0.450. The molecule has 0 aliphatic heterocycles. The van der Waals surface area contributed by atoms with Crippen molar-refractivity contribution < 1.29 is 14.3 Å². The maximum Gasteiger partial charge on any atom is 0.327 e. The van der Waals surface area contributed by atoms with E-state index in [-0.39, 0.29) is 18.2 Å². The molecule has 0 atom stereocenters. The molecule has 1 heterocycles. The van der Waals surface area contributed by atoms with E-state index in [9.17, 15) is 9.59 Å². The number of rotatable bonds is 5. The van der Waals surface area contributed by atoms with Gasteiger partial charge in [-0.05, 0) is 10.4 Å². The fourth-order valence-electron chi connectivity index (χ4n) is 0.788. The van der Waals surface area contributed by atoms with Crippen molar-refractivity contribution in [2.45, 2.75) is 11.7 Å². The van der Waals surface area contributed by atoms with Gasteiger partial charge in [-0.1, -0.05) is 11.8 Å². The van der Waals surface area contributed by atoms with Crippen LogP contribution in [0.1, 0.15) is 0 Å². The number of thioether (sulfide) groups is 1. The van der Waals surface area contributed by atoms with Crippen molar-refractivity contribution in [3.8, 4) is 0 Å². The van der Waals surface area contributed by atoms with Crippen LogP contribution >= 0.6 is 11.8 Å². The Morgan fingerprint density at radius 2 is 2.31 bits per heavy atom. The summed E-state index contributed by atoms with van der Waals surface area (Å²) in [6, 6.07) is 0. The molecule has 0 fully saturated rings. The van der Waals surface area contributed by atoms with Gasteiger partial charge in [-0.25, -0.2) is 4.68 Å². The van der Waals surface area contributed by atoms with Crippen molar-refractivity contribution >= 4 is 23.6 Å². The van der Waals surface area contributed by atoms with Crippen molar-refractivity contribution in [2.24, 2.45) is 0 Å². The summed E-state index contributed by atoms with van der Waals surface area (Å²) in [7, 11) is 2.82. The van der Waals surface area contributed by atoms with Gasteiger partial charge in [0.25, 0.3) is 0 Å². The molecule has 1 rings (SSSR count). The zero-order chi connectivity index (χ0) is 12.0. The molecule has 0 unspecified atom stereocenters. The monoisotopic (exact) mass is 245 g/mol. The number of hydrogen-bond acceptors (Lipinski definition) is 7. The average molecular weight is 245 g/mol. The Morgan fingerprint density at radius 1 is 1.56 bits per heavy atom. The number of carbonyl (C=O) groups is 2. The number of aromatic nitrogens is 4.